The summed E-state index contributed by atoms with van der Waals surface area (Å²) in [7, 11) is -1.90. The van der Waals surface area contributed by atoms with Gasteiger partial charge in [0.05, 0.1) is 11.3 Å². The Morgan fingerprint density at radius 1 is 1.35 bits per heavy atom. The van der Waals surface area contributed by atoms with Gasteiger partial charge in [0, 0.05) is 12.6 Å². The van der Waals surface area contributed by atoms with Gasteiger partial charge in [0.2, 0.25) is 10.0 Å². The van der Waals surface area contributed by atoms with Gasteiger partial charge in [-0.1, -0.05) is 18.2 Å². The van der Waals surface area contributed by atoms with Gasteiger partial charge in [-0.25, -0.2) is 13.1 Å². The zero-order valence-electron chi connectivity index (χ0n) is 12.9. The molecule has 130 valence electrons. The smallest absolute Gasteiger partial charge is 0.299 e. The van der Waals surface area contributed by atoms with Crippen LogP contribution in [0.4, 0.5) is 13.2 Å². The van der Waals surface area contributed by atoms with Crippen molar-refractivity contribution in [2.45, 2.75) is 31.5 Å². The lowest BCUT2D eigenvalue weighted by atomic mass is 10.1. The summed E-state index contributed by atoms with van der Waals surface area (Å²) in [6.45, 7) is 1.34. The normalized spacial score (nSPS) is 20.1. The Hall–Kier alpha value is -1.12. The van der Waals surface area contributed by atoms with Gasteiger partial charge >= 0.3 is 6.18 Å². The Morgan fingerprint density at radius 2 is 2.09 bits per heavy atom. The summed E-state index contributed by atoms with van der Waals surface area (Å²) >= 11 is 0. The second-order valence-electron chi connectivity index (χ2n) is 5.77. The molecule has 1 aliphatic heterocycles. The number of hydrogen-bond donors (Lipinski definition) is 1. The van der Waals surface area contributed by atoms with Gasteiger partial charge in [0.1, 0.15) is 0 Å². The maximum atomic E-state index is 12.7. The summed E-state index contributed by atoms with van der Waals surface area (Å²) in [5.74, 6) is 0.0338. The minimum Gasteiger partial charge on any atom is -0.299 e. The minimum atomic E-state index is -4.34. The number of hydrogen-bond acceptors (Lipinski definition) is 3. The first-order valence-electron chi connectivity index (χ1n) is 7.53. The Morgan fingerprint density at radius 3 is 2.74 bits per heavy atom. The molecule has 0 aliphatic carbocycles. The van der Waals surface area contributed by atoms with Crippen LogP contribution in [0.5, 0.6) is 0 Å². The summed E-state index contributed by atoms with van der Waals surface area (Å²) in [5.41, 5.74) is -0.0346. The predicted molar refractivity (Wildman–Crippen MR) is 82.6 cm³/mol. The van der Waals surface area contributed by atoms with Crippen LogP contribution < -0.4 is 4.72 Å². The van der Waals surface area contributed by atoms with E-state index in [1.807, 2.05) is 0 Å². The van der Waals surface area contributed by atoms with Crippen LogP contribution in [0.1, 0.15) is 24.0 Å². The molecule has 4 nitrogen and oxygen atoms in total. The molecule has 0 amide bonds. The van der Waals surface area contributed by atoms with Crippen molar-refractivity contribution in [3.05, 3.63) is 35.4 Å². The van der Waals surface area contributed by atoms with Crippen molar-refractivity contribution in [3.8, 4) is 0 Å². The highest BCUT2D eigenvalue weighted by Crippen LogP contribution is 2.29. The number of nitrogens with one attached hydrogen (secondary N) is 1. The average molecular weight is 350 g/mol. The highest BCUT2D eigenvalue weighted by Gasteiger charge is 2.31. The molecule has 23 heavy (non-hydrogen) atoms. The van der Waals surface area contributed by atoms with Crippen molar-refractivity contribution in [1.82, 2.24) is 9.62 Å². The van der Waals surface area contributed by atoms with E-state index in [9.17, 15) is 21.6 Å². The molecular weight excluding hydrogens is 329 g/mol. The molecule has 1 saturated heterocycles. The summed E-state index contributed by atoms with van der Waals surface area (Å²) in [6.07, 6.45) is -2.16. The van der Waals surface area contributed by atoms with Crippen LogP contribution in [0, 0.1) is 0 Å². The Kier molecular flexibility index (Phi) is 5.70. The Labute approximate surface area is 134 Å². The first kappa shape index (κ1) is 18.2. The molecule has 0 saturated carbocycles. The van der Waals surface area contributed by atoms with Crippen LogP contribution in [-0.4, -0.2) is 45.2 Å². The van der Waals surface area contributed by atoms with Gasteiger partial charge in [-0.15, -0.1) is 0 Å². The zero-order valence-corrected chi connectivity index (χ0v) is 13.8. The molecule has 1 aromatic rings. The molecule has 1 heterocycles. The molecule has 0 aromatic heterocycles. The summed E-state index contributed by atoms with van der Waals surface area (Å²) < 4.78 is 63.8. The van der Waals surface area contributed by atoms with Crippen LogP contribution in [0.2, 0.25) is 0 Å². The number of benzene rings is 1. The van der Waals surface area contributed by atoms with E-state index in [1.165, 1.54) is 13.1 Å². The third-order valence-electron chi connectivity index (χ3n) is 4.16. The first-order valence-corrected chi connectivity index (χ1v) is 9.18. The lowest BCUT2D eigenvalue weighted by molar-refractivity contribution is -0.137. The van der Waals surface area contributed by atoms with E-state index in [2.05, 4.69) is 9.62 Å². The molecular formula is C15H21F3N2O2S. The van der Waals surface area contributed by atoms with Crippen molar-refractivity contribution in [2.75, 3.05) is 25.9 Å². The lowest BCUT2D eigenvalue weighted by Crippen LogP contribution is -2.39. The minimum absolute atomic E-state index is 0.0338. The van der Waals surface area contributed by atoms with Gasteiger partial charge in [0.15, 0.2) is 0 Å². The van der Waals surface area contributed by atoms with Crippen molar-refractivity contribution in [2.24, 2.45) is 0 Å². The van der Waals surface area contributed by atoms with E-state index in [-0.39, 0.29) is 11.8 Å². The maximum Gasteiger partial charge on any atom is 0.416 e. The van der Waals surface area contributed by atoms with E-state index in [0.29, 0.717) is 18.5 Å². The number of halogens is 3. The van der Waals surface area contributed by atoms with Crippen LogP contribution in [0.3, 0.4) is 0 Å². The number of likely N-dealkylation sites (tertiary alicyclic amines) is 1. The first-order chi connectivity index (χ1) is 10.7. The van der Waals surface area contributed by atoms with Gasteiger partial charge < -0.3 is 0 Å². The van der Waals surface area contributed by atoms with Crippen LogP contribution >= 0.6 is 0 Å². The molecule has 1 unspecified atom stereocenters. The monoisotopic (exact) mass is 350 g/mol. The Balaban J connectivity index is 1.97. The van der Waals surface area contributed by atoms with E-state index < -0.39 is 21.8 Å². The van der Waals surface area contributed by atoms with Crippen LogP contribution in [0.15, 0.2) is 24.3 Å². The number of nitrogens with zero attached hydrogens (tertiary/aromatic N) is 1. The fraction of sp³-hybridized carbons (Fsp3) is 0.600. The summed E-state index contributed by atoms with van der Waals surface area (Å²) in [5, 5.41) is 0. The predicted octanol–water partition coefficient (Wildman–Crippen LogP) is 2.26. The molecule has 1 aromatic carbocycles. The third kappa shape index (κ3) is 5.19. The van der Waals surface area contributed by atoms with Crippen molar-refractivity contribution >= 4 is 10.0 Å². The fourth-order valence-electron chi connectivity index (χ4n) is 2.89. The molecule has 0 radical (unpaired) electrons. The van der Waals surface area contributed by atoms with E-state index >= 15 is 0 Å². The number of sulfonamides is 1. The number of alkyl halides is 3. The van der Waals surface area contributed by atoms with Crippen LogP contribution in [0.25, 0.3) is 0 Å². The van der Waals surface area contributed by atoms with Gasteiger partial charge in [-0.05, 0) is 44.5 Å². The molecule has 8 heteroatoms. The van der Waals surface area contributed by atoms with Crippen molar-refractivity contribution in [1.29, 1.82) is 0 Å². The van der Waals surface area contributed by atoms with Crippen LogP contribution in [-0.2, 0) is 22.6 Å². The molecule has 0 spiro atoms. The van der Waals surface area contributed by atoms with E-state index in [4.69, 9.17) is 0 Å². The average Bonchev–Trinajstić information content (AvgIpc) is 2.91. The summed E-state index contributed by atoms with van der Waals surface area (Å²) in [6, 6.07) is 5.23. The summed E-state index contributed by atoms with van der Waals surface area (Å²) in [4.78, 5) is 2.05. The quantitative estimate of drug-likeness (QED) is 0.856. The van der Waals surface area contributed by atoms with Crippen molar-refractivity contribution < 1.29 is 21.6 Å². The molecule has 1 N–H and O–H groups in total. The lowest BCUT2D eigenvalue weighted by Gasteiger charge is -2.24. The zero-order chi connectivity index (χ0) is 17.1. The standard InChI is InChI=1S/C15H21F3N2O2S/c1-19-23(21,22)11-14-6-3-8-20(14)9-7-12-4-2-5-13(10-12)15(16,17)18/h2,4-5,10,14,19H,3,6-9,11H2,1H3. The highest BCUT2D eigenvalue weighted by atomic mass is 32.2. The van der Waals surface area contributed by atoms with E-state index in [1.54, 1.807) is 6.07 Å². The largest absolute Gasteiger partial charge is 0.416 e. The maximum absolute atomic E-state index is 12.7. The molecule has 1 fully saturated rings. The number of rotatable bonds is 6. The topological polar surface area (TPSA) is 49.4 Å². The van der Waals surface area contributed by atoms with Crippen molar-refractivity contribution in [3.63, 3.8) is 0 Å². The van der Waals surface area contributed by atoms with Gasteiger partial charge in [-0.3, -0.25) is 4.90 Å². The van der Waals surface area contributed by atoms with E-state index in [0.717, 1.165) is 31.5 Å². The highest BCUT2D eigenvalue weighted by molar-refractivity contribution is 7.89. The second kappa shape index (κ2) is 7.19. The molecule has 0 bridgehead atoms. The molecule has 1 atom stereocenters. The fourth-order valence-corrected chi connectivity index (χ4v) is 3.94. The third-order valence-corrected chi connectivity index (χ3v) is 5.61. The van der Waals surface area contributed by atoms with Gasteiger partial charge in [0.25, 0.3) is 0 Å². The molecule has 1 aliphatic rings. The van der Waals surface area contributed by atoms with Gasteiger partial charge in [-0.2, -0.15) is 13.2 Å². The Bertz CT molecular complexity index is 632. The second-order valence-corrected chi connectivity index (χ2v) is 7.74. The molecule has 2 rings (SSSR count). The SMILES string of the molecule is CNS(=O)(=O)CC1CCCN1CCc1cccc(C(F)(F)F)c1.